The Balaban J connectivity index is 1.77. The van der Waals surface area contributed by atoms with Crippen molar-refractivity contribution in [2.45, 2.75) is 37.4 Å². The summed E-state index contributed by atoms with van der Waals surface area (Å²) in [6, 6.07) is 2.09. The number of thioether (sulfide) groups is 1. The molecule has 1 aliphatic rings. The fourth-order valence-electron chi connectivity index (χ4n) is 2.38. The van der Waals surface area contributed by atoms with Crippen molar-refractivity contribution in [2.24, 2.45) is 0 Å². The van der Waals surface area contributed by atoms with Crippen LogP contribution in [0.4, 0.5) is 5.82 Å². The van der Waals surface area contributed by atoms with Crippen molar-refractivity contribution < 1.29 is 4.74 Å². The van der Waals surface area contributed by atoms with Crippen molar-refractivity contribution in [1.29, 1.82) is 0 Å². The first-order valence-electron chi connectivity index (χ1n) is 6.99. The molecule has 0 bridgehead atoms. The molecule has 0 aliphatic carbocycles. The zero-order valence-corrected chi connectivity index (χ0v) is 13.4. The fourth-order valence-corrected chi connectivity index (χ4v) is 4.27. The van der Waals surface area contributed by atoms with Crippen LogP contribution in [0.15, 0.2) is 11.4 Å². The Bertz CT molecular complexity index is 587. The van der Waals surface area contributed by atoms with Gasteiger partial charge in [0, 0.05) is 18.4 Å². The maximum Gasteiger partial charge on any atom is 0.142 e. The van der Waals surface area contributed by atoms with Crippen LogP contribution in [0.3, 0.4) is 0 Å². The van der Waals surface area contributed by atoms with Gasteiger partial charge in [-0.3, -0.25) is 0 Å². The highest BCUT2D eigenvalue weighted by molar-refractivity contribution is 7.99. The van der Waals surface area contributed by atoms with Crippen LogP contribution in [0.2, 0.25) is 0 Å². The van der Waals surface area contributed by atoms with Crippen molar-refractivity contribution in [3.63, 3.8) is 0 Å². The molecule has 2 atom stereocenters. The SMILES string of the molecule is CCNc1nc(CSC2CCOC2C)nc2sccc12. The fraction of sp³-hybridized carbons (Fsp3) is 0.571. The summed E-state index contributed by atoms with van der Waals surface area (Å²) >= 11 is 3.59. The first-order chi connectivity index (χ1) is 9.78. The van der Waals surface area contributed by atoms with Crippen LogP contribution in [0.25, 0.3) is 10.2 Å². The minimum absolute atomic E-state index is 0.346. The number of nitrogens with one attached hydrogen (secondary N) is 1. The molecule has 1 fully saturated rings. The zero-order valence-electron chi connectivity index (χ0n) is 11.8. The van der Waals surface area contributed by atoms with Gasteiger partial charge in [-0.25, -0.2) is 9.97 Å². The van der Waals surface area contributed by atoms with E-state index < -0.39 is 0 Å². The number of thiophene rings is 1. The molecule has 0 aromatic carbocycles. The number of aromatic nitrogens is 2. The van der Waals surface area contributed by atoms with Crippen LogP contribution in [-0.2, 0) is 10.5 Å². The molecule has 2 aromatic rings. The Morgan fingerprint density at radius 3 is 3.15 bits per heavy atom. The minimum Gasteiger partial charge on any atom is -0.377 e. The van der Waals surface area contributed by atoms with E-state index in [0.29, 0.717) is 11.4 Å². The lowest BCUT2D eigenvalue weighted by molar-refractivity contribution is 0.127. The van der Waals surface area contributed by atoms with Gasteiger partial charge in [0.25, 0.3) is 0 Å². The summed E-state index contributed by atoms with van der Waals surface area (Å²) in [6.45, 7) is 6.00. The van der Waals surface area contributed by atoms with E-state index in [-0.39, 0.29) is 0 Å². The molecule has 0 radical (unpaired) electrons. The van der Waals surface area contributed by atoms with E-state index >= 15 is 0 Å². The molecule has 0 amide bonds. The van der Waals surface area contributed by atoms with Crippen LogP contribution in [0.5, 0.6) is 0 Å². The maximum atomic E-state index is 5.60. The molecule has 2 aromatic heterocycles. The van der Waals surface area contributed by atoms with Gasteiger partial charge in [0.2, 0.25) is 0 Å². The summed E-state index contributed by atoms with van der Waals surface area (Å²) in [5, 5.41) is 7.11. The average molecular weight is 309 g/mol. The van der Waals surface area contributed by atoms with Crippen LogP contribution < -0.4 is 5.32 Å². The monoisotopic (exact) mass is 309 g/mol. The molecule has 3 rings (SSSR count). The summed E-state index contributed by atoms with van der Waals surface area (Å²) < 4.78 is 5.60. The Labute approximate surface area is 127 Å². The topological polar surface area (TPSA) is 47.0 Å². The maximum absolute atomic E-state index is 5.60. The van der Waals surface area contributed by atoms with Gasteiger partial charge in [-0.2, -0.15) is 0 Å². The minimum atomic E-state index is 0.346. The van der Waals surface area contributed by atoms with Gasteiger partial charge < -0.3 is 10.1 Å². The number of hydrogen-bond acceptors (Lipinski definition) is 6. The lowest BCUT2D eigenvalue weighted by Crippen LogP contribution is -2.14. The Morgan fingerprint density at radius 1 is 1.50 bits per heavy atom. The normalized spacial score (nSPS) is 22.5. The molecule has 1 saturated heterocycles. The number of anilines is 1. The molecule has 4 nitrogen and oxygen atoms in total. The third-order valence-electron chi connectivity index (χ3n) is 3.45. The van der Waals surface area contributed by atoms with Crippen LogP contribution in [0, 0.1) is 0 Å². The summed E-state index contributed by atoms with van der Waals surface area (Å²) in [4.78, 5) is 10.4. The highest BCUT2D eigenvalue weighted by Gasteiger charge is 2.24. The molecule has 0 saturated carbocycles. The second kappa shape index (κ2) is 6.28. The molecular weight excluding hydrogens is 290 g/mol. The number of nitrogens with zero attached hydrogens (tertiary/aromatic N) is 2. The summed E-state index contributed by atoms with van der Waals surface area (Å²) in [6.07, 6.45) is 1.48. The van der Waals surface area contributed by atoms with Gasteiger partial charge in [0.1, 0.15) is 16.5 Å². The smallest absolute Gasteiger partial charge is 0.142 e. The molecule has 108 valence electrons. The standard InChI is InChI=1S/C14H19N3OS2/c1-3-15-13-10-5-7-19-14(10)17-12(16-13)8-20-11-4-6-18-9(11)2/h5,7,9,11H,3-4,6,8H2,1-2H3,(H,15,16,17). The number of fused-ring (bicyclic) bond motifs is 1. The van der Waals surface area contributed by atoms with Crippen molar-refractivity contribution >= 4 is 39.1 Å². The van der Waals surface area contributed by atoms with E-state index in [0.717, 1.165) is 47.2 Å². The van der Waals surface area contributed by atoms with Crippen molar-refractivity contribution in [3.05, 3.63) is 17.3 Å². The van der Waals surface area contributed by atoms with Crippen LogP contribution in [0.1, 0.15) is 26.1 Å². The van der Waals surface area contributed by atoms with Gasteiger partial charge in [-0.05, 0) is 31.7 Å². The van der Waals surface area contributed by atoms with Crippen molar-refractivity contribution in [1.82, 2.24) is 9.97 Å². The van der Waals surface area contributed by atoms with E-state index in [1.807, 2.05) is 11.8 Å². The second-order valence-electron chi connectivity index (χ2n) is 4.87. The Kier molecular flexibility index (Phi) is 4.43. The van der Waals surface area contributed by atoms with Gasteiger partial charge >= 0.3 is 0 Å². The lowest BCUT2D eigenvalue weighted by atomic mass is 10.3. The van der Waals surface area contributed by atoms with Gasteiger partial charge in [-0.15, -0.1) is 23.1 Å². The molecule has 0 spiro atoms. The van der Waals surface area contributed by atoms with Gasteiger partial charge in [0.15, 0.2) is 0 Å². The summed E-state index contributed by atoms with van der Waals surface area (Å²) in [5.41, 5.74) is 0. The largest absolute Gasteiger partial charge is 0.377 e. The van der Waals surface area contributed by atoms with Gasteiger partial charge in [-0.1, -0.05) is 0 Å². The Morgan fingerprint density at radius 2 is 2.40 bits per heavy atom. The molecule has 2 unspecified atom stereocenters. The van der Waals surface area contributed by atoms with E-state index in [1.165, 1.54) is 0 Å². The lowest BCUT2D eigenvalue weighted by Gasteiger charge is -2.13. The third-order valence-corrected chi connectivity index (χ3v) is 5.73. The van der Waals surface area contributed by atoms with Gasteiger partial charge in [0.05, 0.1) is 17.2 Å². The molecule has 1 aliphatic heterocycles. The Hall–Kier alpha value is -0.850. The molecule has 3 heterocycles. The molecule has 20 heavy (non-hydrogen) atoms. The summed E-state index contributed by atoms with van der Waals surface area (Å²) in [7, 11) is 0. The number of hydrogen-bond donors (Lipinski definition) is 1. The second-order valence-corrected chi connectivity index (χ2v) is 6.99. The first-order valence-corrected chi connectivity index (χ1v) is 8.92. The van der Waals surface area contributed by atoms with E-state index in [2.05, 4.69) is 40.6 Å². The molecular formula is C14H19N3OS2. The highest BCUT2D eigenvalue weighted by Crippen LogP contribution is 2.30. The van der Waals surface area contributed by atoms with E-state index in [1.54, 1.807) is 11.3 Å². The molecule has 1 N–H and O–H groups in total. The number of ether oxygens (including phenoxy) is 1. The number of rotatable bonds is 5. The van der Waals surface area contributed by atoms with Crippen molar-refractivity contribution in [3.8, 4) is 0 Å². The third kappa shape index (κ3) is 2.92. The quantitative estimate of drug-likeness (QED) is 0.915. The summed E-state index contributed by atoms with van der Waals surface area (Å²) in [5.74, 6) is 2.73. The zero-order chi connectivity index (χ0) is 13.9. The molecule has 6 heteroatoms. The van der Waals surface area contributed by atoms with Crippen molar-refractivity contribution in [2.75, 3.05) is 18.5 Å². The van der Waals surface area contributed by atoms with E-state index in [9.17, 15) is 0 Å². The highest BCUT2D eigenvalue weighted by atomic mass is 32.2. The van der Waals surface area contributed by atoms with E-state index in [4.69, 9.17) is 4.74 Å². The predicted octanol–water partition coefficient (Wildman–Crippen LogP) is 3.53. The average Bonchev–Trinajstić information content (AvgIpc) is 3.05. The van der Waals surface area contributed by atoms with Crippen LogP contribution in [-0.4, -0.2) is 34.5 Å². The first kappa shape index (κ1) is 14.1. The van der Waals surface area contributed by atoms with Crippen LogP contribution >= 0.6 is 23.1 Å². The predicted molar refractivity (Wildman–Crippen MR) is 86.7 cm³/mol.